The summed E-state index contributed by atoms with van der Waals surface area (Å²) in [6, 6.07) is 3.33. The van der Waals surface area contributed by atoms with E-state index < -0.39 is 37.8 Å². The van der Waals surface area contributed by atoms with Gasteiger partial charge in [0.05, 0.1) is 12.2 Å². The van der Waals surface area contributed by atoms with Gasteiger partial charge in [-0.15, -0.1) is 0 Å². The lowest BCUT2D eigenvalue weighted by molar-refractivity contribution is -0.175. The molecule has 1 aromatic rings. The summed E-state index contributed by atoms with van der Waals surface area (Å²) in [5.74, 6) is -1.84. The number of rotatable bonds is 5. The van der Waals surface area contributed by atoms with Crippen LogP contribution < -0.4 is 5.73 Å². The second-order valence-corrected chi connectivity index (χ2v) is 3.54. The van der Waals surface area contributed by atoms with Crippen LogP contribution in [0.15, 0.2) is 18.2 Å². The third kappa shape index (κ3) is 5.56. The van der Waals surface area contributed by atoms with E-state index in [1.54, 1.807) is 0 Å². The highest BCUT2D eigenvalue weighted by molar-refractivity contribution is 5.90. The van der Waals surface area contributed by atoms with Crippen molar-refractivity contribution in [3.8, 4) is 0 Å². The number of hydrogen-bond acceptors (Lipinski definition) is 4. The molecule has 0 heterocycles. The molecule has 4 nitrogen and oxygen atoms in total. The predicted molar refractivity (Wildman–Crippen MR) is 58.0 cm³/mol. The van der Waals surface area contributed by atoms with Gasteiger partial charge in [-0.05, 0) is 18.2 Å². The molecule has 0 spiro atoms. The first-order chi connectivity index (χ1) is 8.79. The Morgan fingerprint density at radius 2 is 1.95 bits per heavy atom. The van der Waals surface area contributed by atoms with Gasteiger partial charge in [0.2, 0.25) is 0 Å². The van der Waals surface area contributed by atoms with Crippen LogP contribution in [-0.4, -0.2) is 32.0 Å². The Morgan fingerprint density at radius 3 is 2.58 bits per heavy atom. The minimum atomic E-state index is -4.44. The number of benzene rings is 1. The van der Waals surface area contributed by atoms with Crippen LogP contribution in [-0.2, 0) is 9.47 Å². The molecule has 0 saturated carbocycles. The SMILES string of the molecule is Nc1ccc(F)c(C(=O)OCCOCC(F)(F)F)c1. The van der Waals surface area contributed by atoms with Crippen LogP contribution in [0.2, 0.25) is 0 Å². The van der Waals surface area contributed by atoms with E-state index in [0.717, 1.165) is 12.1 Å². The van der Waals surface area contributed by atoms with E-state index in [2.05, 4.69) is 9.47 Å². The monoisotopic (exact) mass is 281 g/mol. The highest BCUT2D eigenvalue weighted by Gasteiger charge is 2.27. The van der Waals surface area contributed by atoms with Crippen molar-refractivity contribution < 1.29 is 31.8 Å². The number of hydrogen-bond donors (Lipinski definition) is 1. The molecule has 1 aromatic carbocycles. The van der Waals surface area contributed by atoms with Crippen molar-refractivity contribution in [2.75, 3.05) is 25.6 Å². The summed E-state index contributed by atoms with van der Waals surface area (Å²) in [5.41, 5.74) is 5.15. The second kappa shape index (κ2) is 6.37. The number of alkyl halides is 3. The molecular weight excluding hydrogens is 270 g/mol. The van der Waals surface area contributed by atoms with Gasteiger partial charge in [0.15, 0.2) is 0 Å². The smallest absolute Gasteiger partial charge is 0.411 e. The summed E-state index contributed by atoms with van der Waals surface area (Å²) < 4.78 is 57.1. The van der Waals surface area contributed by atoms with E-state index in [0.29, 0.717) is 0 Å². The molecule has 106 valence electrons. The fourth-order valence-electron chi connectivity index (χ4n) is 1.16. The molecule has 0 bridgehead atoms. The minimum absolute atomic E-state index is 0.168. The average molecular weight is 281 g/mol. The highest BCUT2D eigenvalue weighted by Crippen LogP contribution is 2.15. The van der Waals surface area contributed by atoms with Crippen molar-refractivity contribution in [3.05, 3.63) is 29.6 Å². The van der Waals surface area contributed by atoms with Crippen molar-refractivity contribution in [3.63, 3.8) is 0 Å². The Morgan fingerprint density at radius 1 is 1.26 bits per heavy atom. The van der Waals surface area contributed by atoms with Crippen LogP contribution in [0.3, 0.4) is 0 Å². The molecule has 0 aliphatic rings. The summed E-state index contributed by atoms with van der Waals surface area (Å²) >= 11 is 0. The van der Waals surface area contributed by atoms with Crippen LogP contribution in [0, 0.1) is 5.82 Å². The van der Waals surface area contributed by atoms with Gasteiger partial charge in [-0.2, -0.15) is 13.2 Å². The Hall–Kier alpha value is -1.83. The van der Waals surface area contributed by atoms with Crippen molar-refractivity contribution in [1.29, 1.82) is 0 Å². The van der Waals surface area contributed by atoms with E-state index in [-0.39, 0.29) is 11.3 Å². The first-order valence-corrected chi connectivity index (χ1v) is 5.16. The van der Waals surface area contributed by atoms with E-state index in [1.165, 1.54) is 6.07 Å². The number of nitrogens with two attached hydrogens (primary N) is 1. The van der Waals surface area contributed by atoms with Crippen LogP contribution in [0.5, 0.6) is 0 Å². The number of nitrogen functional groups attached to an aromatic ring is 1. The van der Waals surface area contributed by atoms with E-state index >= 15 is 0 Å². The maximum absolute atomic E-state index is 13.2. The molecule has 19 heavy (non-hydrogen) atoms. The van der Waals surface area contributed by atoms with Gasteiger partial charge in [0, 0.05) is 5.69 Å². The summed E-state index contributed by atoms with van der Waals surface area (Å²) in [4.78, 5) is 11.4. The fourth-order valence-corrected chi connectivity index (χ4v) is 1.16. The van der Waals surface area contributed by atoms with Gasteiger partial charge in [0.1, 0.15) is 19.0 Å². The summed E-state index contributed by atoms with van der Waals surface area (Å²) in [6.45, 7) is -2.28. The molecule has 1 rings (SSSR count). The van der Waals surface area contributed by atoms with Crippen molar-refractivity contribution in [2.24, 2.45) is 0 Å². The van der Waals surface area contributed by atoms with Gasteiger partial charge >= 0.3 is 12.1 Å². The van der Waals surface area contributed by atoms with E-state index in [4.69, 9.17) is 5.73 Å². The van der Waals surface area contributed by atoms with Crippen molar-refractivity contribution in [2.45, 2.75) is 6.18 Å². The molecule has 0 saturated heterocycles. The van der Waals surface area contributed by atoms with E-state index in [9.17, 15) is 22.4 Å². The molecule has 0 aliphatic heterocycles. The van der Waals surface area contributed by atoms with Crippen LogP contribution in [0.4, 0.5) is 23.2 Å². The quantitative estimate of drug-likeness (QED) is 0.389. The first-order valence-electron chi connectivity index (χ1n) is 5.16. The largest absolute Gasteiger partial charge is 0.460 e. The molecule has 0 fully saturated rings. The summed E-state index contributed by atoms with van der Waals surface area (Å²) in [7, 11) is 0. The number of ether oxygens (including phenoxy) is 2. The maximum Gasteiger partial charge on any atom is 0.411 e. The predicted octanol–water partition coefficient (Wildman–Crippen LogP) is 2.14. The fraction of sp³-hybridized carbons (Fsp3) is 0.364. The summed E-state index contributed by atoms with van der Waals surface area (Å²) in [5, 5.41) is 0. The lowest BCUT2D eigenvalue weighted by Gasteiger charge is -2.08. The molecule has 8 heteroatoms. The third-order valence-electron chi connectivity index (χ3n) is 1.94. The second-order valence-electron chi connectivity index (χ2n) is 3.54. The maximum atomic E-state index is 13.2. The molecule has 0 atom stereocenters. The molecule has 2 N–H and O–H groups in total. The van der Waals surface area contributed by atoms with E-state index in [1.807, 2.05) is 0 Å². The number of carbonyl (C=O) groups excluding carboxylic acids is 1. The van der Waals surface area contributed by atoms with Gasteiger partial charge in [-0.25, -0.2) is 9.18 Å². The van der Waals surface area contributed by atoms with Crippen LogP contribution in [0.25, 0.3) is 0 Å². The number of anilines is 1. The minimum Gasteiger partial charge on any atom is -0.460 e. The average Bonchev–Trinajstić information content (AvgIpc) is 2.30. The van der Waals surface area contributed by atoms with Crippen LogP contribution >= 0.6 is 0 Å². The number of esters is 1. The lowest BCUT2D eigenvalue weighted by atomic mass is 10.2. The third-order valence-corrected chi connectivity index (χ3v) is 1.94. The molecule has 0 aromatic heterocycles. The number of halogens is 4. The van der Waals surface area contributed by atoms with Gasteiger partial charge in [-0.1, -0.05) is 0 Å². The van der Waals surface area contributed by atoms with Crippen molar-refractivity contribution in [1.82, 2.24) is 0 Å². The highest BCUT2D eigenvalue weighted by atomic mass is 19.4. The zero-order valence-electron chi connectivity index (χ0n) is 9.67. The Balaban J connectivity index is 2.38. The molecule has 0 amide bonds. The van der Waals surface area contributed by atoms with Crippen molar-refractivity contribution >= 4 is 11.7 Å². The lowest BCUT2D eigenvalue weighted by Crippen LogP contribution is -2.20. The number of carbonyl (C=O) groups is 1. The molecule has 0 radical (unpaired) electrons. The molecule has 0 unspecified atom stereocenters. The van der Waals surface area contributed by atoms with Gasteiger partial charge in [0.25, 0.3) is 0 Å². The zero-order valence-corrected chi connectivity index (χ0v) is 9.67. The standard InChI is InChI=1S/C11H11F4NO3/c12-9-2-1-7(16)5-8(9)10(17)19-4-3-18-6-11(13,14)15/h1-2,5H,3-4,6,16H2. The molecular formula is C11H11F4NO3. The van der Waals surface area contributed by atoms with Gasteiger partial charge in [-0.3, -0.25) is 0 Å². The topological polar surface area (TPSA) is 61.6 Å². The first kappa shape index (κ1) is 15.2. The summed E-state index contributed by atoms with van der Waals surface area (Å²) in [6.07, 6.45) is -4.44. The van der Waals surface area contributed by atoms with Crippen LogP contribution in [0.1, 0.15) is 10.4 Å². The Bertz CT molecular complexity index is 448. The Labute approximate surface area is 106 Å². The Kier molecular flexibility index (Phi) is 5.11. The zero-order chi connectivity index (χ0) is 14.5. The van der Waals surface area contributed by atoms with Gasteiger partial charge < -0.3 is 15.2 Å². The normalized spacial score (nSPS) is 11.4. The molecule has 0 aliphatic carbocycles.